The van der Waals surface area contributed by atoms with Crippen LogP contribution >= 0.6 is 0 Å². The van der Waals surface area contributed by atoms with E-state index in [1.54, 1.807) is 0 Å². The van der Waals surface area contributed by atoms with Gasteiger partial charge in [-0.05, 0) is 11.6 Å². The third-order valence-electron chi connectivity index (χ3n) is 3.49. The number of rotatable bonds is 5. The highest BCUT2D eigenvalue weighted by Crippen LogP contribution is 2.26. The molecule has 0 saturated carbocycles. The lowest BCUT2D eigenvalue weighted by atomic mass is 10.4. The monoisotopic (exact) mass is 338 g/mol. The summed E-state index contributed by atoms with van der Waals surface area (Å²) in [5.41, 5.74) is -5.50. The lowest BCUT2D eigenvalue weighted by Crippen LogP contribution is -2.44. The van der Waals surface area contributed by atoms with Crippen LogP contribution in [-0.4, -0.2) is 22.0 Å². The zero-order valence-corrected chi connectivity index (χ0v) is 13.7. The van der Waals surface area contributed by atoms with Crippen molar-refractivity contribution < 1.29 is 25.8 Å². The number of hydrogen-bond donors (Lipinski definition) is 0. The molecule has 0 aromatic heterocycles. The van der Waals surface area contributed by atoms with E-state index in [0.29, 0.717) is 6.26 Å². The first-order valence-corrected chi connectivity index (χ1v) is 10.7. The van der Waals surface area contributed by atoms with Crippen LogP contribution in [0, 0.1) is 0 Å². The molecule has 1 aromatic carbocycles. The maximum Gasteiger partial charge on any atom is 0.534 e. The first-order valence-electron chi connectivity index (χ1n) is 6.20. The summed E-state index contributed by atoms with van der Waals surface area (Å²) in [5, 5.41) is 1.13. The number of benzene rings is 1. The van der Waals surface area contributed by atoms with Crippen LogP contribution in [0.2, 0.25) is 18.6 Å². The van der Waals surface area contributed by atoms with Crippen molar-refractivity contribution in [1.82, 2.24) is 0 Å². The van der Waals surface area contributed by atoms with Gasteiger partial charge in [0.25, 0.3) is 0 Å². The Morgan fingerprint density at radius 1 is 1.19 bits per heavy atom. The van der Waals surface area contributed by atoms with Gasteiger partial charge in [-0.25, -0.2) is 0 Å². The van der Waals surface area contributed by atoms with E-state index in [2.05, 4.69) is 17.3 Å². The molecule has 118 valence electrons. The first kappa shape index (κ1) is 17.8. The molecule has 0 spiro atoms. The molecule has 0 aliphatic carbocycles. The van der Waals surface area contributed by atoms with Crippen molar-refractivity contribution in [2.24, 2.45) is 0 Å². The van der Waals surface area contributed by atoms with E-state index in [9.17, 15) is 21.6 Å². The summed E-state index contributed by atoms with van der Waals surface area (Å²) >= 11 is 0. The zero-order valence-electron chi connectivity index (χ0n) is 11.9. The van der Waals surface area contributed by atoms with Gasteiger partial charge in [0.05, 0.1) is 8.07 Å². The fraction of sp³-hybridized carbons (Fsp3) is 0.385. The molecule has 1 rings (SSSR count). The molecule has 0 bridgehead atoms. The number of alkyl halides is 3. The van der Waals surface area contributed by atoms with E-state index < -0.39 is 23.7 Å². The molecule has 0 aliphatic heterocycles. The molecule has 0 N–H and O–H groups in total. The quantitative estimate of drug-likeness (QED) is 0.358. The largest absolute Gasteiger partial charge is 0.534 e. The van der Waals surface area contributed by atoms with E-state index >= 15 is 0 Å². The van der Waals surface area contributed by atoms with Gasteiger partial charge in [-0.3, -0.25) is 0 Å². The summed E-state index contributed by atoms with van der Waals surface area (Å²) in [6.45, 7) is 5.94. The van der Waals surface area contributed by atoms with Crippen LogP contribution in [0.3, 0.4) is 0 Å². The Bertz CT molecular complexity index is 595. The number of allylic oxidation sites excluding steroid dienone is 1. The molecule has 1 unspecified atom stereocenters. The van der Waals surface area contributed by atoms with Gasteiger partial charge in [-0.15, -0.1) is 0 Å². The third-order valence-corrected chi connectivity index (χ3v) is 8.71. The van der Waals surface area contributed by atoms with Gasteiger partial charge in [0.15, 0.2) is 0 Å². The summed E-state index contributed by atoms with van der Waals surface area (Å²) < 4.78 is 61.8. The fourth-order valence-corrected chi connectivity index (χ4v) is 4.11. The standard InChI is InChI=1S/C13H17F3O3SSi/c1-11(9-10-19-20(17,18)13(14,15)16)21(2,3)12-7-5-4-6-8-12/h4-11H,1-3H3/b10-9+. The molecular weight excluding hydrogens is 321 g/mol. The van der Waals surface area contributed by atoms with Crippen molar-refractivity contribution in [1.29, 1.82) is 0 Å². The summed E-state index contributed by atoms with van der Waals surface area (Å²) in [5.74, 6) is 0. The van der Waals surface area contributed by atoms with E-state index in [1.165, 1.54) is 6.08 Å². The maximum atomic E-state index is 12.1. The molecule has 0 heterocycles. The number of halogens is 3. The second kappa shape index (κ2) is 6.23. The normalized spacial score (nSPS) is 15.1. The summed E-state index contributed by atoms with van der Waals surface area (Å²) in [4.78, 5) is 0. The van der Waals surface area contributed by atoms with Crippen LogP contribution in [0.1, 0.15) is 6.92 Å². The summed E-state index contributed by atoms with van der Waals surface area (Å²) in [6.07, 6.45) is 1.98. The number of hydrogen-bond acceptors (Lipinski definition) is 3. The first-order chi connectivity index (χ1) is 9.48. The van der Waals surface area contributed by atoms with E-state index in [4.69, 9.17) is 0 Å². The smallest absolute Gasteiger partial charge is 0.384 e. The van der Waals surface area contributed by atoms with Gasteiger partial charge in [0.1, 0.15) is 6.26 Å². The predicted molar refractivity (Wildman–Crippen MR) is 78.2 cm³/mol. The highest BCUT2D eigenvalue weighted by molar-refractivity contribution is 7.87. The van der Waals surface area contributed by atoms with Crippen LogP contribution < -0.4 is 5.19 Å². The summed E-state index contributed by atoms with van der Waals surface area (Å²) in [6, 6.07) is 9.59. The minimum atomic E-state index is -5.57. The average molecular weight is 338 g/mol. The van der Waals surface area contributed by atoms with Crippen LogP contribution in [0.15, 0.2) is 42.7 Å². The van der Waals surface area contributed by atoms with Crippen molar-refractivity contribution in [2.75, 3.05) is 0 Å². The van der Waals surface area contributed by atoms with Gasteiger partial charge in [-0.2, -0.15) is 21.6 Å². The Kier molecular flexibility index (Phi) is 5.27. The van der Waals surface area contributed by atoms with Crippen LogP contribution in [-0.2, 0) is 14.3 Å². The molecule has 0 aliphatic rings. The van der Waals surface area contributed by atoms with Gasteiger partial charge < -0.3 is 4.18 Å². The van der Waals surface area contributed by atoms with Crippen LogP contribution in [0.25, 0.3) is 0 Å². The maximum absolute atomic E-state index is 12.1. The van der Waals surface area contributed by atoms with Crippen molar-refractivity contribution in [3.63, 3.8) is 0 Å². The van der Waals surface area contributed by atoms with E-state index in [-0.39, 0.29) is 5.54 Å². The molecular formula is C13H17F3O3SSi. The Morgan fingerprint density at radius 3 is 2.19 bits per heavy atom. The molecule has 0 amide bonds. The van der Waals surface area contributed by atoms with Crippen molar-refractivity contribution in [3.05, 3.63) is 42.7 Å². The Hall–Kier alpha value is -1.28. The lowest BCUT2D eigenvalue weighted by molar-refractivity contribution is -0.0515. The van der Waals surface area contributed by atoms with Gasteiger partial charge >= 0.3 is 15.6 Å². The van der Waals surface area contributed by atoms with Crippen LogP contribution in [0.5, 0.6) is 0 Å². The van der Waals surface area contributed by atoms with Gasteiger partial charge in [0.2, 0.25) is 0 Å². The molecule has 0 saturated heterocycles. The molecule has 8 heteroatoms. The lowest BCUT2D eigenvalue weighted by Gasteiger charge is -2.28. The second-order valence-corrected chi connectivity index (χ2v) is 11.7. The molecule has 0 radical (unpaired) electrons. The SMILES string of the molecule is CC(/C=C/OS(=O)(=O)C(F)(F)F)[Si](C)(C)c1ccccc1. The van der Waals surface area contributed by atoms with Crippen molar-refractivity contribution in [2.45, 2.75) is 31.1 Å². The van der Waals surface area contributed by atoms with Gasteiger partial charge in [0, 0.05) is 0 Å². The van der Waals surface area contributed by atoms with E-state index in [1.807, 2.05) is 37.3 Å². The minimum Gasteiger partial charge on any atom is -0.384 e. The van der Waals surface area contributed by atoms with Gasteiger partial charge in [-0.1, -0.05) is 55.5 Å². The Morgan fingerprint density at radius 2 is 1.71 bits per heavy atom. The highest BCUT2D eigenvalue weighted by Gasteiger charge is 2.47. The second-order valence-electron chi connectivity index (χ2n) is 5.20. The minimum absolute atomic E-state index is 0.0941. The predicted octanol–water partition coefficient (Wildman–Crippen LogP) is 3.37. The molecule has 1 atom stereocenters. The molecule has 0 fully saturated rings. The summed E-state index contributed by atoms with van der Waals surface area (Å²) in [7, 11) is -7.54. The van der Waals surface area contributed by atoms with E-state index in [0.717, 1.165) is 5.19 Å². The Labute approximate surface area is 123 Å². The highest BCUT2D eigenvalue weighted by atomic mass is 32.2. The average Bonchev–Trinajstić information content (AvgIpc) is 2.38. The van der Waals surface area contributed by atoms with Crippen LogP contribution in [0.4, 0.5) is 13.2 Å². The van der Waals surface area contributed by atoms with Crippen molar-refractivity contribution in [3.8, 4) is 0 Å². The Balaban J connectivity index is 2.82. The fourth-order valence-electron chi connectivity index (χ4n) is 1.65. The molecule has 21 heavy (non-hydrogen) atoms. The topological polar surface area (TPSA) is 43.4 Å². The molecule has 1 aromatic rings. The molecule has 3 nitrogen and oxygen atoms in total. The third kappa shape index (κ3) is 4.34. The zero-order chi connectivity index (χ0) is 16.3. The van der Waals surface area contributed by atoms with Crippen molar-refractivity contribution >= 4 is 23.4 Å².